The van der Waals surface area contributed by atoms with Crippen molar-refractivity contribution in [2.45, 2.75) is 19.9 Å². The lowest BCUT2D eigenvalue weighted by Gasteiger charge is -2.24. The van der Waals surface area contributed by atoms with Crippen LogP contribution >= 0.6 is 15.9 Å². The van der Waals surface area contributed by atoms with Crippen molar-refractivity contribution in [1.29, 1.82) is 5.26 Å². The number of esters is 2. The third kappa shape index (κ3) is 7.19. The van der Waals surface area contributed by atoms with E-state index in [9.17, 15) is 9.59 Å². The molecule has 8 nitrogen and oxygen atoms in total. The highest BCUT2D eigenvalue weighted by Crippen LogP contribution is 2.39. The van der Waals surface area contributed by atoms with E-state index >= 15 is 0 Å². The second-order valence-electron chi connectivity index (χ2n) is 6.31. The van der Waals surface area contributed by atoms with Crippen molar-refractivity contribution in [2.75, 3.05) is 32.2 Å². The van der Waals surface area contributed by atoms with Crippen molar-refractivity contribution in [3.63, 3.8) is 0 Å². The van der Waals surface area contributed by atoms with E-state index in [-0.39, 0.29) is 19.8 Å². The van der Waals surface area contributed by atoms with Gasteiger partial charge >= 0.3 is 11.9 Å². The molecule has 1 atom stereocenters. The van der Waals surface area contributed by atoms with Crippen molar-refractivity contribution >= 4 is 33.6 Å². The maximum absolute atomic E-state index is 11.8. The number of hydrogen-bond acceptors (Lipinski definition) is 8. The lowest BCUT2D eigenvalue weighted by Crippen LogP contribution is -2.21. The van der Waals surface area contributed by atoms with E-state index in [4.69, 9.17) is 24.2 Å². The van der Waals surface area contributed by atoms with Crippen molar-refractivity contribution in [3.8, 4) is 17.6 Å². The van der Waals surface area contributed by atoms with Gasteiger partial charge in [-0.25, -0.2) is 4.79 Å². The molecule has 1 N–H and O–H groups in total. The summed E-state index contributed by atoms with van der Waals surface area (Å²) in [5.41, 5.74) is 1.82. The lowest BCUT2D eigenvalue weighted by atomic mass is 10.0. The Balaban J connectivity index is 2.43. The molecule has 164 valence electrons. The van der Waals surface area contributed by atoms with Crippen LogP contribution in [0.25, 0.3) is 0 Å². The highest BCUT2D eigenvalue weighted by molar-refractivity contribution is 9.10. The number of nitriles is 1. The molecule has 1 unspecified atom stereocenters. The molecule has 0 amide bonds. The standard InChI is InChI=1S/C22H23BrN2O6/c1-4-29-21(27)13-31-22-18(9-16(23)10-20(22)28-3)19(12-30-14(2)26)25-17-7-5-15(11-24)6-8-17/h5-10,19,25H,4,12-13H2,1-3H3. The Morgan fingerprint density at radius 2 is 1.90 bits per heavy atom. The predicted octanol–water partition coefficient (Wildman–Crippen LogP) is 3.99. The average Bonchev–Trinajstić information content (AvgIpc) is 2.75. The number of halogens is 1. The van der Waals surface area contributed by atoms with E-state index in [0.717, 1.165) is 0 Å². The predicted molar refractivity (Wildman–Crippen MR) is 117 cm³/mol. The Kier molecular flexibility index (Phi) is 9.15. The Morgan fingerprint density at radius 3 is 2.48 bits per heavy atom. The van der Waals surface area contributed by atoms with Gasteiger partial charge in [0.2, 0.25) is 0 Å². The largest absolute Gasteiger partial charge is 0.493 e. The fraction of sp³-hybridized carbons (Fsp3) is 0.318. The van der Waals surface area contributed by atoms with Gasteiger partial charge in [0, 0.05) is 22.6 Å². The van der Waals surface area contributed by atoms with Crippen LogP contribution < -0.4 is 14.8 Å². The first kappa shape index (κ1) is 24.0. The quantitative estimate of drug-likeness (QED) is 0.498. The van der Waals surface area contributed by atoms with Gasteiger partial charge in [-0.3, -0.25) is 4.79 Å². The van der Waals surface area contributed by atoms with Crippen molar-refractivity contribution < 1.29 is 28.5 Å². The highest BCUT2D eigenvalue weighted by atomic mass is 79.9. The van der Waals surface area contributed by atoms with Crippen molar-refractivity contribution in [3.05, 3.63) is 52.0 Å². The summed E-state index contributed by atoms with van der Waals surface area (Å²) in [6.07, 6.45) is 0. The average molecular weight is 491 g/mol. The number of carbonyl (C=O) groups excluding carboxylic acids is 2. The second kappa shape index (κ2) is 11.8. The van der Waals surface area contributed by atoms with E-state index in [2.05, 4.69) is 27.3 Å². The van der Waals surface area contributed by atoms with Gasteiger partial charge in [-0.05, 0) is 43.3 Å². The van der Waals surface area contributed by atoms with Crippen LogP contribution in [0.2, 0.25) is 0 Å². The number of rotatable bonds is 10. The van der Waals surface area contributed by atoms with Crippen molar-refractivity contribution in [2.24, 2.45) is 0 Å². The summed E-state index contributed by atoms with van der Waals surface area (Å²) in [5.74, 6) is -0.252. The summed E-state index contributed by atoms with van der Waals surface area (Å²) in [6.45, 7) is 2.95. The van der Waals surface area contributed by atoms with E-state index in [1.165, 1.54) is 14.0 Å². The fourth-order valence-electron chi connectivity index (χ4n) is 2.74. The number of hydrogen-bond donors (Lipinski definition) is 1. The van der Waals surface area contributed by atoms with Crippen LogP contribution in [-0.2, 0) is 19.1 Å². The summed E-state index contributed by atoms with van der Waals surface area (Å²) in [7, 11) is 1.48. The molecule has 0 bridgehead atoms. The number of benzene rings is 2. The summed E-state index contributed by atoms with van der Waals surface area (Å²) in [5, 5.41) is 12.3. The first-order valence-electron chi connectivity index (χ1n) is 9.43. The smallest absolute Gasteiger partial charge is 0.344 e. The van der Waals surface area contributed by atoms with Crippen LogP contribution in [-0.4, -0.2) is 38.9 Å². The fourth-order valence-corrected chi connectivity index (χ4v) is 3.19. The molecule has 0 saturated heterocycles. The van der Waals surface area contributed by atoms with Gasteiger partial charge < -0.3 is 24.3 Å². The minimum absolute atomic E-state index is 0.00922. The summed E-state index contributed by atoms with van der Waals surface area (Å²) in [4.78, 5) is 23.3. The van der Waals surface area contributed by atoms with E-state index < -0.39 is 18.0 Å². The normalized spacial score (nSPS) is 11.1. The monoisotopic (exact) mass is 490 g/mol. The first-order valence-corrected chi connectivity index (χ1v) is 10.2. The molecule has 0 aromatic heterocycles. The van der Waals surface area contributed by atoms with Crippen LogP contribution in [0, 0.1) is 11.3 Å². The maximum Gasteiger partial charge on any atom is 0.344 e. The molecule has 0 fully saturated rings. The van der Waals surface area contributed by atoms with Gasteiger partial charge in [-0.2, -0.15) is 5.26 Å². The molecule has 0 aliphatic carbocycles. The summed E-state index contributed by atoms with van der Waals surface area (Å²) in [6, 6.07) is 11.8. The third-order valence-electron chi connectivity index (χ3n) is 4.09. The van der Waals surface area contributed by atoms with Gasteiger partial charge in [-0.15, -0.1) is 0 Å². The molecule has 2 aromatic carbocycles. The first-order chi connectivity index (χ1) is 14.9. The Morgan fingerprint density at radius 1 is 1.19 bits per heavy atom. The minimum atomic E-state index is -0.541. The van der Waals surface area contributed by atoms with Crippen LogP contribution in [0.5, 0.6) is 11.5 Å². The molecule has 0 radical (unpaired) electrons. The molecular weight excluding hydrogens is 468 g/mol. The molecule has 0 spiro atoms. The third-order valence-corrected chi connectivity index (χ3v) is 4.55. The zero-order valence-electron chi connectivity index (χ0n) is 17.4. The molecular formula is C22H23BrN2O6. The minimum Gasteiger partial charge on any atom is -0.493 e. The SMILES string of the molecule is CCOC(=O)COc1c(OC)cc(Br)cc1C(COC(C)=O)Nc1ccc(C#N)cc1. The van der Waals surface area contributed by atoms with Crippen LogP contribution in [0.1, 0.15) is 31.0 Å². The van der Waals surface area contributed by atoms with Gasteiger partial charge in [0.25, 0.3) is 0 Å². The van der Waals surface area contributed by atoms with E-state index in [1.807, 2.05) is 0 Å². The Labute approximate surface area is 189 Å². The number of methoxy groups -OCH3 is 1. The van der Waals surface area contributed by atoms with Crippen LogP contribution in [0.4, 0.5) is 5.69 Å². The molecule has 2 aromatic rings. The van der Waals surface area contributed by atoms with E-state index in [1.54, 1.807) is 43.3 Å². The number of nitrogens with one attached hydrogen (secondary N) is 1. The zero-order valence-corrected chi connectivity index (χ0v) is 19.0. The summed E-state index contributed by atoms with van der Waals surface area (Å²) < 4.78 is 22.1. The zero-order chi connectivity index (χ0) is 22.8. The van der Waals surface area contributed by atoms with Gasteiger partial charge in [0.15, 0.2) is 18.1 Å². The molecule has 0 heterocycles. The number of anilines is 1. The number of nitrogens with zero attached hydrogens (tertiary/aromatic N) is 1. The van der Waals surface area contributed by atoms with Gasteiger partial charge in [0.1, 0.15) is 6.61 Å². The molecule has 0 aliphatic heterocycles. The second-order valence-corrected chi connectivity index (χ2v) is 7.22. The van der Waals surface area contributed by atoms with Crippen LogP contribution in [0.3, 0.4) is 0 Å². The van der Waals surface area contributed by atoms with Gasteiger partial charge in [-0.1, -0.05) is 15.9 Å². The molecule has 2 rings (SSSR count). The maximum atomic E-state index is 11.8. The molecule has 9 heteroatoms. The summed E-state index contributed by atoms with van der Waals surface area (Å²) >= 11 is 3.45. The lowest BCUT2D eigenvalue weighted by molar-refractivity contribution is -0.145. The van der Waals surface area contributed by atoms with Crippen LogP contribution in [0.15, 0.2) is 40.9 Å². The highest BCUT2D eigenvalue weighted by Gasteiger charge is 2.23. The molecule has 0 aliphatic rings. The van der Waals surface area contributed by atoms with Crippen molar-refractivity contribution in [1.82, 2.24) is 0 Å². The number of carbonyl (C=O) groups is 2. The van der Waals surface area contributed by atoms with Gasteiger partial charge in [0.05, 0.1) is 31.4 Å². The van der Waals surface area contributed by atoms with E-state index in [0.29, 0.717) is 32.8 Å². The molecule has 31 heavy (non-hydrogen) atoms. The number of ether oxygens (including phenoxy) is 4. The molecule has 0 saturated carbocycles. The topological polar surface area (TPSA) is 107 Å². The Bertz CT molecular complexity index is 956. The Hall–Kier alpha value is -3.25.